The molecule has 2 aliphatic rings. The van der Waals surface area contributed by atoms with Crippen molar-refractivity contribution in [2.45, 2.75) is 38.7 Å². The molecule has 10 heteroatoms. The quantitative estimate of drug-likeness (QED) is 0.558. The number of carbonyl (C=O) groups is 2. The molecular weight excluding hydrogens is 334 g/mol. The van der Waals surface area contributed by atoms with Crippen LogP contribution in [0.2, 0.25) is 0 Å². The molecule has 0 radical (unpaired) electrons. The number of hydrogen-bond donors (Lipinski definition) is 2. The lowest BCUT2D eigenvalue weighted by Crippen LogP contribution is -2.31. The average molecular weight is 353 g/mol. The standard InChI is InChI=1S/C15H19N3O7/c1-7(2)14(20)23-6-9-12-8(5-11(19)25-12)13(24-9)18-4-3-10(17-22)16-15(18)21/h3-4,7-9,12-13,22H,5-6H2,1-2H3,(H,16,17,21)/t8-,9-,12+,13-/m1/s1. The van der Waals surface area contributed by atoms with Crippen LogP contribution in [-0.4, -0.2) is 45.5 Å². The van der Waals surface area contributed by atoms with Gasteiger partial charge in [0, 0.05) is 6.20 Å². The molecule has 0 bridgehead atoms. The molecule has 0 spiro atoms. The van der Waals surface area contributed by atoms with E-state index in [1.807, 2.05) is 0 Å². The van der Waals surface area contributed by atoms with E-state index in [1.54, 1.807) is 19.3 Å². The number of fused-ring (bicyclic) bond motifs is 1. The molecule has 3 rings (SSSR count). The van der Waals surface area contributed by atoms with Crippen LogP contribution in [0.3, 0.4) is 0 Å². The number of hydrogen-bond acceptors (Lipinski definition) is 9. The molecule has 10 nitrogen and oxygen atoms in total. The summed E-state index contributed by atoms with van der Waals surface area (Å²) in [4.78, 5) is 39.1. The molecule has 4 atom stereocenters. The van der Waals surface area contributed by atoms with Crippen LogP contribution in [0.5, 0.6) is 0 Å². The zero-order chi connectivity index (χ0) is 18.1. The molecule has 0 aromatic carbocycles. The van der Waals surface area contributed by atoms with E-state index in [2.05, 4.69) is 4.98 Å². The maximum Gasteiger partial charge on any atom is 0.351 e. The summed E-state index contributed by atoms with van der Waals surface area (Å²) in [7, 11) is 0. The maximum atomic E-state index is 12.1. The van der Waals surface area contributed by atoms with Crippen LogP contribution in [0.15, 0.2) is 17.1 Å². The smallest absolute Gasteiger partial charge is 0.351 e. The van der Waals surface area contributed by atoms with Crippen LogP contribution in [0.1, 0.15) is 26.5 Å². The highest BCUT2D eigenvalue weighted by Gasteiger charge is 2.53. The van der Waals surface area contributed by atoms with E-state index in [0.717, 1.165) is 0 Å². The van der Waals surface area contributed by atoms with Crippen LogP contribution < -0.4 is 11.2 Å². The van der Waals surface area contributed by atoms with Crippen molar-refractivity contribution in [1.29, 1.82) is 0 Å². The minimum atomic E-state index is -0.771. The van der Waals surface area contributed by atoms with E-state index in [1.165, 1.54) is 16.8 Å². The number of nitrogens with one attached hydrogen (secondary N) is 1. The van der Waals surface area contributed by atoms with Crippen molar-refractivity contribution in [3.8, 4) is 0 Å². The van der Waals surface area contributed by atoms with Crippen LogP contribution in [0.4, 0.5) is 5.82 Å². The number of ether oxygens (including phenoxy) is 3. The number of nitrogens with zero attached hydrogens (tertiary/aromatic N) is 2. The molecule has 0 unspecified atom stereocenters. The van der Waals surface area contributed by atoms with E-state index in [9.17, 15) is 14.4 Å². The molecule has 25 heavy (non-hydrogen) atoms. The molecule has 2 saturated heterocycles. The maximum absolute atomic E-state index is 12.1. The first-order valence-electron chi connectivity index (χ1n) is 7.91. The minimum absolute atomic E-state index is 0.00282. The number of anilines is 1. The van der Waals surface area contributed by atoms with E-state index in [-0.39, 0.29) is 36.7 Å². The van der Waals surface area contributed by atoms with Crippen molar-refractivity contribution in [3.05, 3.63) is 22.7 Å². The summed E-state index contributed by atoms with van der Waals surface area (Å²) in [5.41, 5.74) is 1.14. The Morgan fingerprint density at radius 1 is 1.52 bits per heavy atom. The fraction of sp³-hybridized carbons (Fsp3) is 0.600. The van der Waals surface area contributed by atoms with Gasteiger partial charge in [-0.15, -0.1) is 0 Å². The highest BCUT2D eigenvalue weighted by molar-refractivity contribution is 5.73. The first-order valence-corrected chi connectivity index (χ1v) is 7.91. The van der Waals surface area contributed by atoms with Crippen LogP contribution >= 0.6 is 0 Å². The average Bonchev–Trinajstić information content (AvgIpc) is 3.10. The first-order chi connectivity index (χ1) is 11.9. The number of aromatic nitrogens is 2. The Balaban J connectivity index is 1.80. The molecule has 0 aliphatic carbocycles. The second-order valence-electron chi connectivity index (χ2n) is 6.29. The van der Waals surface area contributed by atoms with Crippen molar-refractivity contribution in [3.63, 3.8) is 0 Å². The molecule has 1 aromatic heterocycles. The van der Waals surface area contributed by atoms with E-state index >= 15 is 0 Å². The normalized spacial score (nSPS) is 27.9. The Hall–Kier alpha value is -2.46. The molecule has 0 amide bonds. The summed E-state index contributed by atoms with van der Waals surface area (Å²) in [5, 5.41) is 8.81. The summed E-state index contributed by atoms with van der Waals surface area (Å²) in [6.45, 7) is 3.35. The largest absolute Gasteiger partial charge is 0.463 e. The van der Waals surface area contributed by atoms with Gasteiger partial charge >= 0.3 is 17.6 Å². The van der Waals surface area contributed by atoms with Crippen LogP contribution in [0, 0.1) is 11.8 Å². The van der Waals surface area contributed by atoms with Crippen molar-refractivity contribution < 1.29 is 29.0 Å². The van der Waals surface area contributed by atoms with Crippen molar-refractivity contribution in [2.75, 3.05) is 12.1 Å². The predicted octanol–water partition coefficient (Wildman–Crippen LogP) is 0.0727. The zero-order valence-electron chi connectivity index (χ0n) is 13.7. The van der Waals surface area contributed by atoms with Crippen molar-refractivity contribution in [1.82, 2.24) is 9.55 Å². The van der Waals surface area contributed by atoms with E-state index in [0.29, 0.717) is 0 Å². The van der Waals surface area contributed by atoms with Gasteiger partial charge in [0.2, 0.25) is 0 Å². The van der Waals surface area contributed by atoms with Gasteiger partial charge in [0.25, 0.3) is 0 Å². The Bertz CT molecular complexity index is 732. The lowest BCUT2D eigenvalue weighted by molar-refractivity contribution is -0.158. The number of carbonyl (C=O) groups excluding carboxylic acids is 2. The topological polar surface area (TPSA) is 129 Å². The Morgan fingerprint density at radius 2 is 2.28 bits per heavy atom. The second kappa shape index (κ2) is 6.81. The molecule has 2 N–H and O–H groups in total. The summed E-state index contributed by atoms with van der Waals surface area (Å²) < 4.78 is 17.5. The van der Waals surface area contributed by atoms with E-state index < -0.39 is 30.1 Å². The molecule has 136 valence electrons. The summed E-state index contributed by atoms with van der Waals surface area (Å²) >= 11 is 0. The summed E-state index contributed by atoms with van der Waals surface area (Å²) in [6.07, 6.45) is -0.532. The molecule has 1 aromatic rings. The Morgan fingerprint density at radius 3 is 2.92 bits per heavy atom. The fourth-order valence-electron chi connectivity index (χ4n) is 2.97. The van der Waals surface area contributed by atoms with Crippen molar-refractivity contribution >= 4 is 17.8 Å². The highest BCUT2D eigenvalue weighted by Crippen LogP contribution is 2.42. The zero-order valence-corrected chi connectivity index (χ0v) is 13.7. The van der Waals surface area contributed by atoms with Gasteiger partial charge in [-0.05, 0) is 6.07 Å². The Labute approximate surface area is 142 Å². The van der Waals surface area contributed by atoms with Gasteiger partial charge < -0.3 is 14.2 Å². The van der Waals surface area contributed by atoms with Gasteiger partial charge in [0.15, 0.2) is 5.82 Å². The van der Waals surface area contributed by atoms with Gasteiger partial charge in [-0.1, -0.05) is 13.8 Å². The fourth-order valence-corrected chi connectivity index (χ4v) is 2.97. The minimum Gasteiger partial charge on any atom is -0.463 e. The van der Waals surface area contributed by atoms with Gasteiger partial charge in [0.05, 0.1) is 18.3 Å². The molecule has 3 heterocycles. The third kappa shape index (κ3) is 3.35. The summed E-state index contributed by atoms with van der Waals surface area (Å²) in [6, 6.07) is 1.39. The second-order valence-corrected chi connectivity index (χ2v) is 6.29. The number of esters is 2. The van der Waals surface area contributed by atoms with Gasteiger partial charge in [-0.25, -0.2) is 4.79 Å². The monoisotopic (exact) mass is 353 g/mol. The van der Waals surface area contributed by atoms with Gasteiger partial charge in [0.1, 0.15) is 25.0 Å². The lowest BCUT2D eigenvalue weighted by atomic mass is 9.99. The molecule has 0 saturated carbocycles. The first kappa shape index (κ1) is 17.4. The summed E-state index contributed by atoms with van der Waals surface area (Å²) in [5.74, 6) is -1.45. The Kier molecular flexibility index (Phi) is 4.73. The van der Waals surface area contributed by atoms with Crippen molar-refractivity contribution in [2.24, 2.45) is 11.8 Å². The molecular formula is C15H19N3O7. The predicted molar refractivity (Wildman–Crippen MR) is 81.6 cm³/mol. The third-order valence-electron chi connectivity index (χ3n) is 4.22. The molecule has 2 aliphatic heterocycles. The van der Waals surface area contributed by atoms with Gasteiger partial charge in [-0.2, -0.15) is 4.98 Å². The molecule has 2 fully saturated rings. The van der Waals surface area contributed by atoms with E-state index in [4.69, 9.17) is 19.4 Å². The number of rotatable bonds is 5. The van der Waals surface area contributed by atoms with Crippen LogP contribution in [-0.2, 0) is 23.8 Å². The lowest BCUT2D eigenvalue weighted by Gasteiger charge is -2.19. The van der Waals surface area contributed by atoms with Gasteiger partial charge in [-0.3, -0.25) is 24.8 Å². The third-order valence-corrected chi connectivity index (χ3v) is 4.22. The SMILES string of the molecule is CC(C)C(=O)OC[C@H]1O[C@@H](n2ccc(NO)nc2=O)[C@@H]2CC(=O)O[C@@H]21. The van der Waals surface area contributed by atoms with Crippen LogP contribution in [0.25, 0.3) is 0 Å². The highest BCUT2D eigenvalue weighted by atomic mass is 16.6.